The number of ketones is 1. The van der Waals surface area contributed by atoms with Crippen molar-refractivity contribution in [1.82, 2.24) is 4.98 Å². The molecule has 2 nitrogen and oxygen atoms in total. The normalized spacial score (nSPS) is 18.4. The minimum absolute atomic E-state index is 0. The third-order valence-corrected chi connectivity index (χ3v) is 3.68. The Morgan fingerprint density at radius 1 is 1.18 bits per heavy atom. The Balaban J connectivity index is 0.00000108. The average molecular weight is 293 g/mol. The molecule has 0 radical (unpaired) electrons. The van der Waals surface area contributed by atoms with Gasteiger partial charge in [-0.25, -0.2) is 4.98 Å². The van der Waals surface area contributed by atoms with Crippen molar-refractivity contribution >= 4 is 27.3 Å². The number of carbonyl (C=O) groups is 1. The third kappa shape index (κ3) is 2.28. The van der Waals surface area contributed by atoms with Crippen LogP contribution >= 0.6 is 11.3 Å². The predicted octanol–water partition coefficient (Wildman–Crippen LogP) is 3.07. The Morgan fingerprint density at radius 2 is 2.00 bits per heavy atom. The van der Waals surface area contributed by atoms with Crippen LogP contribution in [-0.4, -0.2) is 10.8 Å². The van der Waals surface area contributed by atoms with Gasteiger partial charge in [0.25, 0.3) is 0 Å². The number of aromatic nitrogens is 1. The van der Waals surface area contributed by atoms with Crippen LogP contribution in [0, 0.1) is 0 Å². The van der Waals surface area contributed by atoms with Crippen molar-refractivity contribution in [3.05, 3.63) is 53.6 Å². The fraction of sp³-hybridized carbons (Fsp3) is 0.0769. The van der Waals surface area contributed by atoms with E-state index in [9.17, 15) is 4.79 Å². The summed E-state index contributed by atoms with van der Waals surface area (Å²) in [5.41, 5.74) is 0.971. The Labute approximate surface area is 116 Å². The molecule has 1 aromatic carbocycles. The molecule has 78 valence electrons. The Kier molecular flexibility index (Phi) is 3.65. The van der Waals surface area contributed by atoms with E-state index in [0.717, 1.165) is 15.2 Å². The molecule has 0 saturated heterocycles. The molecular formula is C13H9NOSZn+2. The van der Waals surface area contributed by atoms with Crippen molar-refractivity contribution in [2.24, 2.45) is 0 Å². The second kappa shape index (κ2) is 5.03. The van der Waals surface area contributed by atoms with Gasteiger partial charge in [-0.15, -0.1) is 11.3 Å². The van der Waals surface area contributed by atoms with Crippen LogP contribution in [0.1, 0.15) is 10.9 Å². The summed E-state index contributed by atoms with van der Waals surface area (Å²) in [6.45, 7) is 0. The molecule has 1 aromatic heterocycles. The SMILES string of the molecule is O=C1C=CC=CC1c1nc2ccccc2s1.[Zn+2]. The first-order valence-electron chi connectivity index (χ1n) is 5.09. The number of fused-ring (bicyclic) bond motifs is 1. The number of allylic oxidation sites excluding steroid dienone is 4. The van der Waals surface area contributed by atoms with E-state index in [-0.39, 0.29) is 31.2 Å². The first-order chi connectivity index (χ1) is 7.84. The molecule has 4 heteroatoms. The van der Waals surface area contributed by atoms with Crippen LogP contribution in [0.2, 0.25) is 0 Å². The van der Waals surface area contributed by atoms with Crippen LogP contribution in [0.5, 0.6) is 0 Å². The molecule has 1 aliphatic rings. The summed E-state index contributed by atoms with van der Waals surface area (Å²) in [7, 11) is 0. The first-order valence-corrected chi connectivity index (χ1v) is 5.90. The Bertz CT molecular complexity index is 582. The Hall–Kier alpha value is -1.12. The second-order valence-corrected chi connectivity index (χ2v) is 4.71. The van der Waals surface area contributed by atoms with E-state index in [1.54, 1.807) is 23.5 Å². The Morgan fingerprint density at radius 3 is 2.76 bits per heavy atom. The molecule has 17 heavy (non-hydrogen) atoms. The number of thiazole rings is 1. The van der Waals surface area contributed by atoms with Gasteiger partial charge in [0.15, 0.2) is 5.78 Å². The molecule has 0 fully saturated rings. The number of hydrogen-bond donors (Lipinski definition) is 0. The van der Waals surface area contributed by atoms with E-state index >= 15 is 0 Å². The molecule has 0 saturated carbocycles. The van der Waals surface area contributed by atoms with Gasteiger partial charge in [0.05, 0.1) is 16.1 Å². The van der Waals surface area contributed by atoms with Crippen LogP contribution in [-0.2, 0) is 24.3 Å². The van der Waals surface area contributed by atoms with Gasteiger partial charge in [-0.3, -0.25) is 4.79 Å². The van der Waals surface area contributed by atoms with Crippen molar-refractivity contribution in [3.8, 4) is 0 Å². The topological polar surface area (TPSA) is 30.0 Å². The molecule has 0 spiro atoms. The van der Waals surface area contributed by atoms with Crippen LogP contribution in [0.4, 0.5) is 0 Å². The van der Waals surface area contributed by atoms with E-state index in [1.807, 2.05) is 36.4 Å². The molecule has 0 N–H and O–H groups in total. The van der Waals surface area contributed by atoms with Crippen molar-refractivity contribution in [2.75, 3.05) is 0 Å². The molecule has 2 aromatic rings. The summed E-state index contributed by atoms with van der Waals surface area (Å²) in [6, 6.07) is 7.96. The quantitative estimate of drug-likeness (QED) is 0.756. The smallest absolute Gasteiger partial charge is 0.294 e. The zero-order valence-electron chi connectivity index (χ0n) is 9.17. The number of rotatable bonds is 1. The maximum atomic E-state index is 11.7. The summed E-state index contributed by atoms with van der Waals surface area (Å²) in [5.74, 6) is -0.0797. The maximum Gasteiger partial charge on any atom is 2.00 e. The second-order valence-electron chi connectivity index (χ2n) is 3.64. The van der Waals surface area contributed by atoms with Crippen molar-refractivity contribution in [1.29, 1.82) is 0 Å². The molecule has 1 aliphatic carbocycles. The van der Waals surface area contributed by atoms with E-state index in [4.69, 9.17) is 0 Å². The van der Waals surface area contributed by atoms with Crippen molar-refractivity contribution < 1.29 is 24.3 Å². The van der Waals surface area contributed by atoms with Gasteiger partial charge in [0.2, 0.25) is 0 Å². The molecular weight excluding hydrogens is 284 g/mol. The summed E-state index contributed by atoms with van der Waals surface area (Å²) in [6.07, 6.45) is 7.18. The van der Waals surface area contributed by atoms with Crippen LogP contribution in [0.25, 0.3) is 10.2 Å². The van der Waals surface area contributed by atoms with Crippen LogP contribution < -0.4 is 0 Å². The minimum Gasteiger partial charge on any atom is -0.294 e. The van der Waals surface area contributed by atoms with E-state index in [2.05, 4.69) is 4.98 Å². The molecule has 0 amide bonds. The van der Waals surface area contributed by atoms with Gasteiger partial charge >= 0.3 is 19.5 Å². The van der Waals surface area contributed by atoms with Gasteiger partial charge < -0.3 is 0 Å². The van der Waals surface area contributed by atoms with Gasteiger partial charge in [-0.2, -0.15) is 0 Å². The largest absolute Gasteiger partial charge is 2.00 e. The molecule has 3 rings (SSSR count). The van der Waals surface area contributed by atoms with Gasteiger partial charge in [-0.1, -0.05) is 30.4 Å². The first kappa shape index (κ1) is 12.3. The van der Waals surface area contributed by atoms with E-state index < -0.39 is 0 Å². The van der Waals surface area contributed by atoms with Gasteiger partial charge in [0, 0.05) is 0 Å². The summed E-state index contributed by atoms with van der Waals surface area (Å²) >= 11 is 1.59. The van der Waals surface area contributed by atoms with Crippen molar-refractivity contribution in [3.63, 3.8) is 0 Å². The molecule has 1 atom stereocenters. The molecule has 0 aliphatic heterocycles. The monoisotopic (exact) mass is 291 g/mol. The van der Waals surface area contributed by atoms with Gasteiger partial charge in [0.1, 0.15) is 5.01 Å². The zero-order chi connectivity index (χ0) is 11.0. The number of carbonyl (C=O) groups excluding carboxylic acids is 1. The fourth-order valence-electron chi connectivity index (χ4n) is 1.75. The number of nitrogens with zero attached hydrogens (tertiary/aromatic N) is 1. The summed E-state index contributed by atoms with van der Waals surface area (Å²) in [5, 5.41) is 0.881. The summed E-state index contributed by atoms with van der Waals surface area (Å²) in [4.78, 5) is 16.2. The minimum atomic E-state index is -0.192. The standard InChI is InChI=1S/C13H9NOS.Zn/c15-11-7-3-1-5-9(11)13-14-10-6-2-4-8-12(10)16-13;/h1-9H;/q;+2. The van der Waals surface area contributed by atoms with Gasteiger partial charge in [-0.05, 0) is 18.2 Å². The number of para-hydroxylation sites is 1. The number of hydrogen-bond acceptors (Lipinski definition) is 3. The number of benzene rings is 1. The maximum absolute atomic E-state index is 11.7. The summed E-state index contributed by atoms with van der Waals surface area (Å²) < 4.78 is 1.13. The third-order valence-electron chi connectivity index (χ3n) is 2.56. The average Bonchev–Trinajstić information content (AvgIpc) is 2.73. The molecule has 0 bridgehead atoms. The van der Waals surface area contributed by atoms with E-state index in [0.29, 0.717) is 0 Å². The van der Waals surface area contributed by atoms with E-state index in [1.165, 1.54) is 0 Å². The van der Waals surface area contributed by atoms with Crippen LogP contribution in [0.3, 0.4) is 0 Å². The molecule has 1 heterocycles. The van der Waals surface area contributed by atoms with Crippen LogP contribution in [0.15, 0.2) is 48.6 Å². The fourth-order valence-corrected chi connectivity index (χ4v) is 2.81. The molecule has 1 unspecified atom stereocenters. The zero-order valence-corrected chi connectivity index (χ0v) is 13.0. The van der Waals surface area contributed by atoms with Crippen molar-refractivity contribution in [2.45, 2.75) is 5.92 Å². The predicted molar refractivity (Wildman–Crippen MR) is 65.6 cm³/mol.